The van der Waals surface area contributed by atoms with Gasteiger partial charge in [0, 0.05) is 4.88 Å². The molecule has 7 heteroatoms. The first-order valence-electron chi connectivity index (χ1n) is 8.60. The highest BCUT2D eigenvalue weighted by Crippen LogP contribution is 2.36. The Bertz CT molecular complexity index is 1080. The number of hydrogen-bond acceptors (Lipinski definition) is 5. The number of nitriles is 1. The molecule has 26 heavy (non-hydrogen) atoms. The standard InChI is InChI=1S/C19H17N3O3S/c20-10-13-12-6-2-1-3-9-16(12)26-18(13)21-17(23)11-22-14-7-4-5-8-15(14)25-19(22)24/h4-5,7-8H,1-3,6,9,11H2,(H,21,23). The number of nitrogens with zero attached hydrogens (tertiary/aromatic N) is 2. The first-order valence-corrected chi connectivity index (χ1v) is 9.42. The summed E-state index contributed by atoms with van der Waals surface area (Å²) >= 11 is 1.48. The van der Waals surface area contributed by atoms with Crippen LogP contribution < -0.4 is 11.1 Å². The summed E-state index contributed by atoms with van der Waals surface area (Å²) in [6, 6.07) is 9.23. The van der Waals surface area contributed by atoms with Crippen molar-refractivity contribution in [1.29, 1.82) is 5.26 Å². The molecule has 0 saturated heterocycles. The van der Waals surface area contributed by atoms with Gasteiger partial charge in [-0.3, -0.25) is 9.36 Å². The van der Waals surface area contributed by atoms with Gasteiger partial charge in [-0.2, -0.15) is 5.26 Å². The van der Waals surface area contributed by atoms with E-state index < -0.39 is 5.76 Å². The van der Waals surface area contributed by atoms with Gasteiger partial charge in [-0.15, -0.1) is 11.3 Å². The van der Waals surface area contributed by atoms with Crippen LogP contribution in [-0.4, -0.2) is 10.5 Å². The summed E-state index contributed by atoms with van der Waals surface area (Å²) in [5.74, 6) is -0.907. The first kappa shape index (κ1) is 16.6. The zero-order valence-electron chi connectivity index (χ0n) is 14.1. The number of aromatic nitrogens is 1. The van der Waals surface area contributed by atoms with Gasteiger partial charge in [-0.1, -0.05) is 18.6 Å². The van der Waals surface area contributed by atoms with Crippen LogP contribution in [0, 0.1) is 11.3 Å². The fraction of sp³-hybridized carbons (Fsp3) is 0.316. The number of thiophene rings is 1. The quantitative estimate of drug-likeness (QED) is 0.718. The molecule has 0 radical (unpaired) electrons. The Hall–Kier alpha value is -2.85. The molecule has 1 aliphatic carbocycles. The molecule has 0 atom stereocenters. The fourth-order valence-corrected chi connectivity index (χ4v) is 4.68. The van der Waals surface area contributed by atoms with Gasteiger partial charge in [-0.25, -0.2) is 4.79 Å². The third-order valence-electron chi connectivity index (χ3n) is 4.66. The summed E-state index contributed by atoms with van der Waals surface area (Å²) in [6.07, 6.45) is 5.20. The molecule has 0 unspecified atom stereocenters. The predicted molar refractivity (Wildman–Crippen MR) is 99.4 cm³/mol. The monoisotopic (exact) mass is 367 g/mol. The molecule has 4 rings (SSSR count). The molecule has 3 aromatic rings. The second-order valence-electron chi connectivity index (χ2n) is 6.35. The van der Waals surface area contributed by atoms with Crippen molar-refractivity contribution in [3.05, 3.63) is 50.8 Å². The van der Waals surface area contributed by atoms with E-state index in [1.54, 1.807) is 24.3 Å². The molecule has 6 nitrogen and oxygen atoms in total. The maximum Gasteiger partial charge on any atom is 0.420 e. The molecular formula is C19H17N3O3S. The molecule has 0 saturated carbocycles. The van der Waals surface area contributed by atoms with E-state index >= 15 is 0 Å². The Labute approximate surface area is 153 Å². The molecule has 0 bridgehead atoms. The Morgan fingerprint density at radius 1 is 1.27 bits per heavy atom. The number of aryl methyl sites for hydroxylation is 1. The zero-order chi connectivity index (χ0) is 18.1. The minimum atomic E-state index is -0.566. The minimum Gasteiger partial charge on any atom is -0.408 e. The van der Waals surface area contributed by atoms with Gasteiger partial charge in [0.2, 0.25) is 5.91 Å². The molecule has 1 amide bonds. The third kappa shape index (κ3) is 2.93. The van der Waals surface area contributed by atoms with E-state index in [0.717, 1.165) is 31.2 Å². The second kappa shape index (κ2) is 6.81. The average Bonchev–Trinajstić information content (AvgIpc) is 3.01. The Kier molecular flexibility index (Phi) is 4.35. The average molecular weight is 367 g/mol. The smallest absolute Gasteiger partial charge is 0.408 e. The van der Waals surface area contributed by atoms with Gasteiger partial charge in [0.05, 0.1) is 11.1 Å². The summed E-state index contributed by atoms with van der Waals surface area (Å²) < 4.78 is 6.45. The van der Waals surface area contributed by atoms with E-state index in [-0.39, 0.29) is 12.5 Å². The molecule has 2 heterocycles. The lowest BCUT2D eigenvalue weighted by molar-refractivity contribution is -0.116. The van der Waals surface area contributed by atoms with E-state index in [0.29, 0.717) is 21.7 Å². The maximum absolute atomic E-state index is 12.5. The number of amides is 1. The summed E-state index contributed by atoms with van der Waals surface area (Å²) in [5.41, 5.74) is 2.68. The Morgan fingerprint density at radius 2 is 2.08 bits per heavy atom. The van der Waals surface area contributed by atoms with Crippen molar-refractivity contribution >= 4 is 33.3 Å². The van der Waals surface area contributed by atoms with Crippen molar-refractivity contribution < 1.29 is 9.21 Å². The topological polar surface area (TPSA) is 88.0 Å². The number of benzene rings is 1. The number of rotatable bonds is 3. The van der Waals surface area contributed by atoms with Gasteiger partial charge in [0.1, 0.15) is 17.6 Å². The molecule has 0 spiro atoms. The molecular weight excluding hydrogens is 350 g/mol. The number of para-hydroxylation sites is 2. The number of carbonyl (C=O) groups is 1. The number of carbonyl (C=O) groups excluding carboxylic acids is 1. The second-order valence-corrected chi connectivity index (χ2v) is 7.46. The summed E-state index contributed by atoms with van der Waals surface area (Å²) in [7, 11) is 0. The molecule has 1 aliphatic rings. The highest BCUT2D eigenvalue weighted by molar-refractivity contribution is 7.16. The fourth-order valence-electron chi connectivity index (χ4n) is 3.42. The lowest BCUT2D eigenvalue weighted by atomic mass is 10.1. The van der Waals surface area contributed by atoms with Gasteiger partial charge in [0.25, 0.3) is 0 Å². The zero-order valence-corrected chi connectivity index (χ0v) is 14.9. The van der Waals surface area contributed by atoms with Crippen LogP contribution in [0.2, 0.25) is 0 Å². The van der Waals surface area contributed by atoms with Gasteiger partial charge >= 0.3 is 5.76 Å². The van der Waals surface area contributed by atoms with Gasteiger partial charge in [-0.05, 0) is 43.4 Å². The van der Waals surface area contributed by atoms with Gasteiger partial charge in [0.15, 0.2) is 5.58 Å². The minimum absolute atomic E-state index is 0.150. The van der Waals surface area contributed by atoms with Gasteiger partial charge < -0.3 is 9.73 Å². The molecule has 1 N–H and O–H groups in total. The van der Waals surface area contributed by atoms with Crippen molar-refractivity contribution in [2.75, 3.05) is 5.32 Å². The lowest BCUT2D eigenvalue weighted by Gasteiger charge is -2.05. The van der Waals surface area contributed by atoms with Crippen LogP contribution in [0.5, 0.6) is 0 Å². The number of anilines is 1. The lowest BCUT2D eigenvalue weighted by Crippen LogP contribution is -2.24. The predicted octanol–water partition coefficient (Wildman–Crippen LogP) is 3.44. The molecule has 2 aromatic heterocycles. The van der Waals surface area contributed by atoms with E-state index in [9.17, 15) is 14.9 Å². The largest absolute Gasteiger partial charge is 0.420 e. The van der Waals surface area contributed by atoms with Crippen molar-refractivity contribution in [3.63, 3.8) is 0 Å². The van der Waals surface area contributed by atoms with Crippen molar-refractivity contribution in [2.24, 2.45) is 0 Å². The number of oxazole rings is 1. The van der Waals surface area contributed by atoms with Crippen LogP contribution in [0.25, 0.3) is 11.1 Å². The highest BCUT2D eigenvalue weighted by Gasteiger charge is 2.21. The Morgan fingerprint density at radius 3 is 2.92 bits per heavy atom. The SMILES string of the molecule is N#Cc1c(NC(=O)Cn2c(=O)oc3ccccc32)sc2c1CCCCC2. The number of fused-ring (bicyclic) bond motifs is 2. The van der Waals surface area contributed by atoms with Crippen molar-refractivity contribution in [1.82, 2.24) is 4.57 Å². The van der Waals surface area contributed by atoms with Crippen LogP contribution >= 0.6 is 11.3 Å². The number of nitrogens with one attached hydrogen (secondary N) is 1. The van der Waals surface area contributed by atoms with E-state index in [2.05, 4.69) is 11.4 Å². The van der Waals surface area contributed by atoms with Crippen LogP contribution in [0.3, 0.4) is 0 Å². The molecule has 0 fully saturated rings. The van der Waals surface area contributed by atoms with E-state index in [1.165, 1.54) is 27.2 Å². The molecule has 0 aliphatic heterocycles. The maximum atomic E-state index is 12.5. The molecule has 132 valence electrons. The van der Waals surface area contributed by atoms with Crippen LogP contribution in [0.15, 0.2) is 33.5 Å². The molecule has 1 aromatic carbocycles. The summed E-state index contributed by atoms with van der Waals surface area (Å²) in [6.45, 7) is -0.150. The number of hydrogen-bond donors (Lipinski definition) is 1. The highest BCUT2D eigenvalue weighted by atomic mass is 32.1. The van der Waals surface area contributed by atoms with Crippen LogP contribution in [0.1, 0.15) is 35.3 Å². The first-order chi connectivity index (χ1) is 12.7. The van der Waals surface area contributed by atoms with Crippen LogP contribution in [0.4, 0.5) is 5.00 Å². The normalized spacial score (nSPS) is 13.8. The van der Waals surface area contributed by atoms with Crippen molar-refractivity contribution in [2.45, 2.75) is 38.6 Å². The van der Waals surface area contributed by atoms with E-state index in [4.69, 9.17) is 4.42 Å². The summed E-state index contributed by atoms with van der Waals surface area (Å²) in [4.78, 5) is 25.7. The van der Waals surface area contributed by atoms with E-state index in [1.807, 2.05) is 0 Å². The Balaban J connectivity index is 1.60. The summed E-state index contributed by atoms with van der Waals surface area (Å²) in [5, 5.41) is 13.0. The third-order valence-corrected chi connectivity index (χ3v) is 5.87. The van der Waals surface area contributed by atoms with Crippen molar-refractivity contribution in [3.8, 4) is 6.07 Å². The van der Waals surface area contributed by atoms with Crippen LogP contribution in [-0.2, 0) is 24.2 Å².